The number of aryl methyl sites for hydroxylation is 1. The number of rotatable bonds is 5. The van der Waals surface area contributed by atoms with Crippen molar-refractivity contribution in [2.45, 2.75) is 18.9 Å². The lowest BCUT2D eigenvalue weighted by Gasteiger charge is -2.52. The summed E-state index contributed by atoms with van der Waals surface area (Å²) in [6, 6.07) is 10.3. The van der Waals surface area contributed by atoms with Crippen LogP contribution in [0.1, 0.15) is 12.8 Å². The van der Waals surface area contributed by atoms with Crippen LogP contribution in [0.2, 0.25) is 0 Å². The number of anilines is 2. The van der Waals surface area contributed by atoms with Crippen molar-refractivity contribution in [3.8, 4) is 16.9 Å². The predicted octanol–water partition coefficient (Wildman–Crippen LogP) is 4.94. The average molecular weight is 471 g/mol. The van der Waals surface area contributed by atoms with Gasteiger partial charge in [0.1, 0.15) is 24.0 Å². The van der Waals surface area contributed by atoms with Crippen molar-refractivity contribution in [2.75, 3.05) is 18.5 Å². The molecule has 34 heavy (non-hydrogen) atoms. The van der Waals surface area contributed by atoms with Gasteiger partial charge in [0, 0.05) is 29.9 Å². The molecule has 1 aliphatic heterocycles. The molecular weight excluding hydrogens is 448 g/mol. The zero-order valence-corrected chi connectivity index (χ0v) is 19.4. The molecule has 7 rings (SSSR count). The molecule has 2 aliphatic rings. The van der Waals surface area contributed by atoms with Crippen molar-refractivity contribution in [3.05, 3.63) is 54.6 Å². The van der Waals surface area contributed by atoms with E-state index in [2.05, 4.69) is 43.6 Å². The third kappa shape index (κ3) is 3.31. The standard InChI is InChI=1S/C25H22N6O2S/c1-31-10-16(9-29-31)15-4-20-23(21(5-15)33-18-7-25(8-18)11-32-12-25)24(27-13-26-20)30-17-2-3-19-22(6-17)34-14-28-19/h2-6,9-10,13-14,18H,7-8,11-12H2,1H3,(H,26,27,30). The fourth-order valence-electron chi connectivity index (χ4n) is 4.94. The lowest BCUT2D eigenvalue weighted by atomic mass is 9.65. The summed E-state index contributed by atoms with van der Waals surface area (Å²) in [6.45, 7) is 1.69. The monoisotopic (exact) mass is 470 g/mol. The first-order chi connectivity index (χ1) is 16.6. The summed E-state index contributed by atoms with van der Waals surface area (Å²) in [5, 5.41) is 8.71. The predicted molar refractivity (Wildman–Crippen MR) is 132 cm³/mol. The molecule has 1 saturated carbocycles. The van der Waals surface area contributed by atoms with E-state index in [4.69, 9.17) is 9.47 Å². The molecule has 1 spiro atoms. The number of hydrogen-bond donors (Lipinski definition) is 1. The van der Waals surface area contributed by atoms with Gasteiger partial charge >= 0.3 is 0 Å². The Balaban J connectivity index is 1.31. The summed E-state index contributed by atoms with van der Waals surface area (Å²) in [4.78, 5) is 13.6. The van der Waals surface area contributed by atoms with Gasteiger partial charge in [-0.05, 0) is 48.7 Å². The van der Waals surface area contributed by atoms with Crippen molar-refractivity contribution in [2.24, 2.45) is 12.5 Å². The van der Waals surface area contributed by atoms with Crippen LogP contribution in [-0.4, -0.2) is 44.1 Å². The van der Waals surface area contributed by atoms with Gasteiger partial charge in [-0.1, -0.05) is 0 Å². The molecular formula is C25H22N6O2S. The minimum Gasteiger partial charge on any atom is -0.490 e. The van der Waals surface area contributed by atoms with E-state index in [9.17, 15) is 0 Å². The summed E-state index contributed by atoms with van der Waals surface area (Å²) in [7, 11) is 1.92. The Kier molecular flexibility index (Phi) is 4.37. The third-order valence-corrected chi connectivity index (χ3v) is 7.56. The molecule has 5 aromatic rings. The Morgan fingerprint density at radius 3 is 2.79 bits per heavy atom. The molecule has 2 aromatic carbocycles. The number of aromatic nitrogens is 5. The van der Waals surface area contributed by atoms with Gasteiger partial charge in [-0.25, -0.2) is 15.0 Å². The van der Waals surface area contributed by atoms with Crippen molar-refractivity contribution in [1.82, 2.24) is 24.7 Å². The number of thiazole rings is 1. The van der Waals surface area contributed by atoms with Crippen LogP contribution in [0.25, 0.3) is 32.2 Å². The number of hydrogen-bond acceptors (Lipinski definition) is 8. The summed E-state index contributed by atoms with van der Waals surface area (Å²) in [5.41, 5.74) is 7.00. The van der Waals surface area contributed by atoms with Crippen molar-refractivity contribution in [3.63, 3.8) is 0 Å². The summed E-state index contributed by atoms with van der Waals surface area (Å²) >= 11 is 1.62. The summed E-state index contributed by atoms with van der Waals surface area (Å²) in [6.07, 6.45) is 7.65. The van der Waals surface area contributed by atoms with E-state index in [1.54, 1.807) is 22.3 Å². The molecule has 9 heteroatoms. The van der Waals surface area contributed by atoms with Crippen molar-refractivity contribution in [1.29, 1.82) is 0 Å². The number of fused-ring (bicyclic) bond motifs is 2. The van der Waals surface area contributed by atoms with Crippen molar-refractivity contribution < 1.29 is 9.47 Å². The van der Waals surface area contributed by atoms with E-state index in [1.807, 2.05) is 37.1 Å². The zero-order valence-electron chi connectivity index (χ0n) is 18.6. The minimum atomic E-state index is 0.165. The first-order valence-corrected chi connectivity index (χ1v) is 12.1. The molecule has 0 bridgehead atoms. The van der Waals surface area contributed by atoms with E-state index in [-0.39, 0.29) is 6.10 Å². The Labute approximate surface area is 199 Å². The van der Waals surface area contributed by atoms with Crippen LogP contribution in [0.5, 0.6) is 5.75 Å². The number of nitrogens with one attached hydrogen (secondary N) is 1. The smallest absolute Gasteiger partial charge is 0.145 e. The van der Waals surface area contributed by atoms with Gasteiger partial charge < -0.3 is 14.8 Å². The largest absolute Gasteiger partial charge is 0.490 e. The highest BCUT2D eigenvalue weighted by atomic mass is 32.1. The van der Waals surface area contributed by atoms with E-state index in [1.165, 1.54) is 0 Å². The van der Waals surface area contributed by atoms with E-state index >= 15 is 0 Å². The first-order valence-electron chi connectivity index (χ1n) is 11.3. The lowest BCUT2D eigenvalue weighted by Crippen LogP contribution is -2.56. The van der Waals surface area contributed by atoms with E-state index in [0.29, 0.717) is 5.41 Å². The molecule has 4 heterocycles. The third-order valence-electron chi connectivity index (χ3n) is 6.77. The van der Waals surface area contributed by atoms with Gasteiger partial charge in [0.25, 0.3) is 0 Å². The second kappa shape index (κ2) is 7.48. The van der Waals surface area contributed by atoms with Crippen LogP contribution in [0.3, 0.4) is 0 Å². The highest BCUT2D eigenvalue weighted by molar-refractivity contribution is 7.16. The molecule has 170 valence electrons. The Morgan fingerprint density at radius 2 is 2.00 bits per heavy atom. The molecule has 2 fully saturated rings. The SMILES string of the molecule is Cn1cc(-c2cc(OC3CC4(COC4)C3)c3c(Nc4ccc5ncsc5c4)ncnc3c2)cn1. The van der Waals surface area contributed by atoms with Crippen LogP contribution in [-0.2, 0) is 11.8 Å². The minimum absolute atomic E-state index is 0.165. The average Bonchev–Trinajstić information content (AvgIpc) is 3.43. The van der Waals surface area contributed by atoms with Gasteiger partial charge in [0.15, 0.2) is 0 Å². The number of nitrogens with zero attached hydrogens (tertiary/aromatic N) is 5. The maximum Gasteiger partial charge on any atom is 0.145 e. The zero-order chi connectivity index (χ0) is 22.7. The first kappa shape index (κ1) is 19.9. The number of benzene rings is 2. The van der Waals surface area contributed by atoms with Crippen molar-refractivity contribution >= 4 is 44.0 Å². The summed E-state index contributed by atoms with van der Waals surface area (Å²) in [5.74, 6) is 1.51. The molecule has 1 saturated heterocycles. The Bertz CT molecular complexity index is 1530. The van der Waals surface area contributed by atoms with Crippen LogP contribution < -0.4 is 10.1 Å². The van der Waals surface area contributed by atoms with E-state index in [0.717, 1.165) is 75.6 Å². The fraction of sp³-hybridized carbons (Fsp3) is 0.280. The molecule has 0 unspecified atom stereocenters. The second-order valence-electron chi connectivity index (χ2n) is 9.29. The maximum absolute atomic E-state index is 6.59. The van der Waals surface area contributed by atoms with Gasteiger partial charge in [-0.2, -0.15) is 5.10 Å². The van der Waals surface area contributed by atoms with Gasteiger partial charge in [-0.3, -0.25) is 4.68 Å². The second-order valence-corrected chi connectivity index (χ2v) is 10.2. The highest BCUT2D eigenvalue weighted by Gasteiger charge is 2.51. The molecule has 3 aromatic heterocycles. The van der Waals surface area contributed by atoms with Gasteiger partial charge in [-0.15, -0.1) is 11.3 Å². The van der Waals surface area contributed by atoms with Crippen LogP contribution in [0.15, 0.2) is 54.6 Å². The lowest BCUT2D eigenvalue weighted by molar-refractivity contribution is -0.191. The summed E-state index contributed by atoms with van der Waals surface area (Å²) < 4.78 is 15.0. The molecule has 0 amide bonds. The van der Waals surface area contributed by atoms with E-state index < -0.39 is 0 Å². The van der Waals surface area contributed by atoms with Gasteiger partial charge in [0.05, 0.1) is 46.0 Å². The highest BCUT2D eigenvalue weighted by Crippen LogP contribution is 2.49. The molecule has 1 N–H and O–H groups in total. The fourth-order valence-corrected chi connectivity index (χ4v) is 5.66. The topological polar surface area (TPSA) is 87.0 Å². The molecule has 1 aliphatic carbocycles. The molecule has 0 atom stereocenters. The Hall–Kier alpha value is -3.56. The number of ether oxygens (including phenoxy) is 2. The van der Waals surface area contributed by atoms with Crippen LogP contribution in [0, 0.1) is 5.41 Å². The maximum atomic E-state index is 6.59. The van der Waals surface area contributed by atoms with Crippen LogP contribution in [0.4, 0.5) is 11.5 Å². The Morgan fingerprint density at radius 1 is 1.09 bits per heavy atom. The quantitative estimate of drug-likeness (QED) is 0.389. The van der Waals surface area contributed by atoms with Gasteiger partial charge in [0.2, 0.25) is 0 Å². The van der Waals surface area contributed by atoms with Crippen LogP contribution >= 0.6 is 11.3 Å². The molecule has 8 nitrogen and oxygen atoms in total. The normalized spacial score (nSPS) is 17.1. The molecule has 0 radical (unpaired) electrons.